The van der Waals surface area contributed by atoms with Crippen LogP contribution in [0.3, 0.4) is 0 Å². The second kappa shape index (κ2) is 6.99. The average molecular weight is 460 g/mol. The molecule has 34 heavy (non-hydrogen) atoms. The first-order chi connectivity index (χ1) is 16.2. The van der Waals surface area contributed by atoms with Gasteiger partial charge in [0.25, 0.3) is 5.91 Å². The Hall–Kier alpha value is -4.02. The molecule has 0 radical (unpaired) electrons. The van der Waals surface area contributed by atoms with Gasteiger partial charge >= 0.3 is 0 Å². The highest BCUT2D eigenvalue weighted by Gasteiger charge is 2.45. The molecule has 1 saturated heterocycles. The van der Waals surface area contributed by atoms with Crippen LogP contribution in [0.25, 0.3) is 5.65 Å². The molecule has 0 aliphatic carbocycles. The lowest BCUT2D eigenvalue weighted by Gasteiger charge is -2.36. The van der Waals surface area contributed by atoms with Crippen LogP contribution in [0.5, 0.6) is 0 Å². The summed E-state index contributed by atoms with van der Waals surface area (Å²) in [6, 6.07) is 5.77. The molecule has 3 N–H and O–H groups in total. The summed E-state index contributed by atoms with van der Waals surface area (Å²) in [5, 5.41) is 13.6. The molecule has 1 fully saturated rings. The van der Waals surface area contributed by atoms with Crippen LogP contribution in [-0.2, 0) is 15.0 Å². The first-order valence-corrected chi connectivity index (χ1v) is 11.3. The number of amides is 2. The van der Waals surface area contributed by atoms with Crippen molar-refractivity contribution < 1.29 is 9.59 Å². The summed E-state index contributed by atoms with van der Waals surface area (Å²) in [4.78, 5) is 40.6. The van der Waals surface area contributed by atoms with Gasteiger partial charge in [0.1, 0.15) is 11.4 Å². The molecule has 3 aliphatic rings. The summed E-state index contributed by atoms with van der Waals surface area (Å²) in [6.07, 6.45) is 4.69. The highest BCUT2D eigenvalue weighted by molar-refractivity contribution is 6.07. The number of carbonyl (C=O) groups is 2. The fourth-order valence-electron chi connectivity index (χ4n) is 4.99. The Morgan fingerprint density at radius 1 is 1.09 bits per heavy atom. The predicted molar refractivity (Wildman–Crippen MR) is 128 cm³/mol. The van der Waals surface area contributed by atoms with E-state index in [-0.39, 0.29) is 11.8 Å². The maximum absolute atomic E-state index is 12.4. The van der Waals surface area contributed by atoms with Crippen molar-refractivity contribution >= 4 is 46.4 Å². The number of carbonyl (C=O) groups excluding carboxylic acids is 2. The maximum Gasteiger partial charge on any atom is 0.253 e. The molecule has 3 aliphatic heterocycles. The van der Waals surface area contributed by atoms with Crippen LogP contribution in [0.4, 0.5) is 23.1 Å². The number of nitrogens with one attached hydrogen (secondary N) is 3. The van der Waals surface area contributed by atoms with E-state index in [1.54, 1.807) is 16.9 Å². The summed E-state index contributed by atoms with van der Waals surface area (Å²) < 4.78 is 1.69. The van der Waals surface area contributed by atoms with Crippen LogP contribution in [0.1, 0.15) is 39.2 Å². The maximum atomic E-state index is 12.4. The molecule has 0 atom stereocenters. The van der Waals surface area contributed by atoms with Gasteiger partial charge in [-0.2, -0.15) is 4.98 Å². The van der Waals surface area contributed by atoms with Gasteiger partial charge in [-0.3, -0.25) is 14.6 Å². The lowest BCUT2D eigenvalue weighted by Crippen LogP contribution is -2.49. The van der Waals surface area contributed by atoms with Crippen LogP contribution in [-0.4, -0.2) is 55.9 Å². The summed E-state index contributed by atoms with van der Waals surface area (Å²) in [5.41, 5.74) is 1.96. The minimum atomic E-state index is -0.663. The first-order valence-electron chi connectivity index (χ1n) is 11.3. The Morgan fingerprint density at radius 2 is 1.88 bits per heavy atom. The Kier molecular flexibility index (Phi) is 4.23. The minimum Gasteiger partial charge on any atom is -0.353 e. The molecule has 174 valence electrons. The fraction of sp³-hybridized carbons (Fsp3) is 0.391. The van der Waals surface area contributed by atoms with Crippen molar-refractivity contribution in [3.05, 3.63) is 36.2 Å². The van der Waals surface area contributed by atoms with Crippen molar-refractivity contribution in [2.45, 2.75) is 44.6 Å². The van der Waals surface area contributed by atoms with Gasteiger partial charge in [0.15, 0.2) is 11.5 Å². The number of piperidine rings is 1. The molecule has 1 aromatic carbocycles. The quantitative estimate of drug-likeness (QED) is 0.546. The van der Waals surface area contributed by atoms with Gasteiger partial charge in [0, 0.05) is 36.9 Å². The Balaban J connectivity index is 1.24. The van der Waals surface area contributed by atoms with Crippen molar-refractivity contribution in [2.75, 3.05) is 28.6 Å². The van der Waals surface area contributed by atoms with Gasteiger partial charge in [0.05, 0.1) is 5.41 Å². The zero-order chi connectivity index (χ0) is 23.7. The van der Waals surface area contributed by atoms with E-state index < -0.39 is 11.0 Å². The van der Waals surface area contributed by atoms with E-state index in [9.17, 15) is 9.59 Å². The zero-order valence-electron chi connectivity index (χ0n) is 19.2. The highest BCUT2D eigenvalue weighted by atomic mass is 16.2. The molecular formula is C23H25N9O2. The van der Waals surface area contributed by atoms with Crippen molar-refractivity contribution in [3.8, 4) is 0 Å². The van der Waals surface area contributed by atoms with Crippen molar-refractivity contribution in [2.24, 2.45) is 4.99 Å². The van der Waals surface area contributed by atoms with Crippen LogP contribution in [0.15, 0.2) is 35.6 Å². The topological polar surface area (TPSA) is 129 Å². The lowest BCUT2D eigenvalue weighted by atomic mass is 9.86. The molecule has 5 heterocycles. The fourth-order valence-corrected chi connectivity index (χ4v) is 4.99. The number of aliphatic imine (C=N–C) groups is 1. The van der Waals surface area contributed by atoms with Crippen LogP contribution >= 0.6 is 0 Å². The molecule has 3 aromatic rings. The molecular weight excluding hydrogens is 434 g/mol. The third-order valence-electron chi connectivity index (χ3n) is 6.99. The van der Waals surface area contributed by atoms with Crippen LogP contribution in [0.2, 0.25) is 0 Å². The zero-order valence-corrected chi connectivity index (χ0v) is 19.2. The largest absolute Gasteiger partial charge is 0.353 e. The molecule has 0 unspecified atom stereocenters. The third-order valence-corrected chi connectivity index (χ3v) is 6.99. The summed E-state index contributed by atoms with van der Waals surface area (Å²) in [7, 11) is 0. The average Bonchev–Trinajstić information content (AvgIpc) is 3.40. The number of rotatable bonds is 3. The molecule has 2 amide bonds. The molecule has 0 saturated carbocycles. The number of benzene rings is 1. The number of hydrogen-bond donors (Lipinski definition) is 3. The Bertz CT molecular complexity index is 1380. The Labute approximate surface area is 195 Å². The second-order valence-corrected chi connectivity index (χ2v) is 9.59. The van der Waals surface area contributed by atoms with E-state index in [0.29, 0.717) is 43.4 Å². The van der Waals surface area contributed by atoms with Gasteiger partial charge in [0.2, 0.25) is 11.9 Å². The lowest BCUT2D eigenvalue weighted by molar-refractivity contribution is -0.124. The van der Waals surface area contributed by atoms with Crippen LogP contribution in [0, 0.1) is 0 Å². The second-order valence-electron chi connectivity index (χ2n) is 9.59. The van der Waals surface area contributed by atoms with E-state index in [2.05, 4.69) is 40.9 Å². The van der Waals surface area contributed by atoms with Crippen molar-refractivity contribution in [1.29, 1.82) is 0 Å². The van der Waals surface area contributed by atoms with E-state index in [4.69, 9.17) is 0 Å². The third kappa shape index (κ3) is 3.03. The van der Waals surface area contributed by atoms with Gasteiger partial charge in [-0.05, 0) is 51.3 Å². The molecule has 0 bridgehead atoms. The number of amidine groups is 1. The number of aromatic nitrogens is 4. The predicted octanol–water partition coefficient (Wildman–Crippen LogP) is 1.98. The Morgan fingerprint density at radius 3 is 2.62 bits per heavy atom. The van der Waals surface area contributed by atoms with Crippen LogP contribution < -0.4 is 20.9 Å². The molecule has 11 nitrogen and oxygen atoms in total. The molecule has 6 rings (SSSR count). The summed E-state index contributed by atoms with van der Waals surface area (Å²) in [5.74, 6) is 1.81. The van der Waals surface area contributed by atoms with Gasteiger partial charge < -0.3 is 20.9 Å². The molecule has 11 heteroatoms. The van der Waals surface area contributed by atoms with E-state index >= 15 is 0 Å². The highest BCUT2D eigenvalue weighted by Crippen LogP contribution is 2.39. The van der Waals surface area contributed by atoms with Gasteiger partial charge in [-0.15, -0.1) is 5.10 Å². The molecule has 2 aromatic heterocycles. The smallest absolute Gasteiger partial charge is 0.253 e. The standard InChI is InChI=1S/C23H25N9O2/c1-13-25-20(34)23(29-13)6-9-31(10-7-23)17-18-28-21(30-32(18)11-8-24-17)26-14-4-5-15-16(12-14)27-19(33)22(15,2)3/h4-5,8,11-12H,6-7,9-10H2,1-3H3,(H,26,30)(H,27,33)(H,25,29,34). The summed E-state index contributed by atoms with van der Waals surface area (Å²) in [6.45, 7) is 6.94. The van der Waals surface area contributed by atoms with E-state index in [1.165, 1.54) is 0 Å². The number of hydrogen-bond acceptors (Lipinski definition) is 8. The number of anilines is 4. The van der Waals surface area contributed by atoms with Crippen molar-refractivity contribution in [3.63, 3.8) is 0 Å². The SMILES string of the molecule is CC1=NC2(CCN(c3nccn4nc(Nc5ccc6c(c5)NC(=O)C6(C)C)nc34)CC2)C(=O)N1. The number of fused-ring (bicyclic) bond motifs is 2. The minimum absolute atomic E-state index is 0.0135. The van der Waals surface area contributed by atoms with Crippen molar-refractivity contribution in [1.82, 2.24) is 24.9 Å². The number of nitrogens with zero attached hydrogens (tertiary/aromatic N) is 6. The van der Waals surface area contributed by atoms with Gasteiger partial charge in [-0.25, -0.2) is 9.50 Å². The normalized spacial score (nSPS) is 20.3. The monoisotopic (exact) mass is 459 g/mol. The summed E-state index contributed by atoms with van der Waals surface area (Å²) >= 11 is 0. The van der Waals surface area contributed by atoms with Gasteiger partial charge in [-0.1, -0.05) is 6.07 Å². The van der Waals surface area contributed by atoms with E-state index in [0.717, 1.165) is 22.8 Å². The molecule has 1 spiro atoms. The first kappa shape index (κ1) is 20.6. The van der Waals surface area contributed by atoms with E-state index in [1.807, 2.05) is 39.0 Å².